The van der Waals surface area contributed by atoms with E-state index < -0.39 is 0 Å². The smallest absolute Gasteiger partial charge is 0.339 e. The molecule has 9 aromatic carbocycles. The maximum absolute atomic E-state index is 11.7. The Morgan fingerprint density at radius 2 is 1.08 bits per heavy atom. The minimum absolute atomic E-state index is 0. The van der Waals surface area contributed by atoms with Crippen LogP contribution in [-0.2, 0) is 72.7 Å². The van der Waals surface area contributed by atoms with Crippen LogP contribution in [0.4, 0.5) is 56.9 Å². The van der Waals surface area contributed by atoms with Gasteiger partial charge in [0.25, 0.3) is 5.91 Å². The number of benzene rings is 9. The number of carbonyl (C=O) groups excluding carboxylic acids is 4. The average Bonchev–Trinajstić information content (AvgIpc) is 1.66. The lowest BCUT2D eigenvalue weighted by Crippen LogP contribution is -2.19. The van der Waals surface area contributed by atoms with Gasteiger partial charge >= 0.3 is 11.9 Å². The number of ether oxygens (including phenoxy) is 4. The lowest BCUT2D eigenvalue weighted by molar-refractivity contribution is -0.115. The molecule has 10 aromatic rings. The summed E-state index contributed by atoms with van der Waals surface area (Å²) in [6.07, 6.45) is 4.64. The number of hydrogen-bond donors (Lipinski definition) is 10. The van der Waals surface area contributed by atoms with Gasteiger partial charge in [-0.3, -0.25) is 19.5 Å². The Balaban J connectivity index is 0.000000124. The molecular formula is C85H85N13O8. The summed E-state index contributed by atoms with van der Waals surface area (Å²) < 4.78 is 20.9. The molecule has 538 valence electrons. The number of pyridine rings is 1. The third-order valence-corrected chi connectivity index (χ3v) is 18.2. The van der Waals surface area contributed by atoms with Crippen molar-refractivity contribution in [1.29, 1.82) is 0 Å². The van der Waals surface area contributed by atoms with Crippen molar-refractivity contribution in [3.63, 3.8) is 0 Å². The molecule has 0 aliphatic carbocycles. The van der Waals surface area contributed by atoms with E-state index in [1.165, 1.54) is 65.2 Å². The van der Waals surface area contributed by atoms with Gasteiger partial charge < -0.3 is 77.4 Å². The zero-order valence-electron chi connectivity index (χ0n) is 58.6. The molecule has 21 nitrogen and oxygen atoms in total. The number of hydrogen-bond acceptors (Lipinski definition) is 19. The Morgan fingerprint density at radius 1 is 0.500 bits per heavy atom. The highest BCUT2D eigenvalue weighted by molar-refractivity contribution is 5.99. The maximum atomic E-state index is 11.7. The Hall–Kier alpha value is -13.3. The molecular weight excluding hydrogens is 1330 g/mol. The highest BCUT2D eigenvalue weighted by atomic mass is 16.5. The first-order valence-electron chi connectivity index (χ1n) is 34.3. The van der Waals surface area contributed by atoms with Gasteiger partial charge in [-0.05, 0) is 184 Å². The van der Waals surface area contributed by atoms with Crippen molar-refractivity contribution in [2.45, 2.75) is 65.9 Å². The van der Waals surface area contributed by atoms with Gasteiger partial charge in [-0.25, -0.2) is 9.59 Å². The molecule has 11 N–H and O–H groups in total. The summed E-state index contributed by atoms with van der Waals surface area (Å²) in [6, 6.07) is 63.2. The third kappa shape index (κ3) is 18.0. The predicted molar refractivity (Wildman–Crippen MR) is 422 cm³/mol. The van der Waals surface area contributed by atoms with Crippen molar-refractivity contribution in [1.82, 2.24) is 15.2 Å². The Morgan fingerprint density at radius 3 is 1.76 bits per heavy atom. The summed E-state index contributed by atoms with van der Waals surface area (Å²) in [6.45, 7) is 20.8. The van der Waals surface area contributed by atoms with Gasteiger partial charge in [0.2, 0.25) is 5.91 Å². The number of amides is 2. The number of esters is 2. The molecule has 0 saturated carbocycles. The van der Waals surface area contributed by atoms with Crippen molar-refractivity contribution in [3.05, 3.63) is 322 Å². The van der Waals surface area contributed by atoms with E-state index in [2.05, 4.69) is 160 Å². The number of rotatable bonds is 14. The van der Waals surface area contributed by atoms with Gasteiger partial charge in [0.05, 0.1) is 65.9 Å². The fraction of sp³-hybridized carbons (Fsp3) is 0.165. The first-order valence-corrected chi connectivity index (χ1v) is 34.3. The number of carbonyl (C=O) groups is 4. The van der Waals surface area contributed by atoms with Crippen LogP contribution in [0.1, 0.15) is 94.3 Å². The number of nitrogens with zero attached hydrogens (tertiary/aromatic N) is 3. The number of methoxy groups -OCH3 is 2. The lowest BCUT2D eigenvalue weighted by atomic mass is 10.1. The summed E-state index contributed by atoms with van der Waals surface area (Å²) in [5.41, 5.74) is 31.0. The van der Waals surface area contributed by atoms with Crippen LogP contribution in [0.15, 0.2) is 250 Å². The zero-order valence-corrected chi connectivity index (χ0v) is 58.6. The zero-order chi connectivity index (χ0) is 73.1. The van der Waals surface area contributed by atoms with E-state index in [0.29, 0.717) is 47.6 Å². The van der Waals surface area contributed by atoms with Crippen molar-refractivity contribution in [2.24, 2.45) is 0 Å². The molecule has 8 heterocycles. The van der Waals surface area contributed by atoms with E-state index in [1.807, 2.05) is 91.0 Å². The maximum Gasteiger partial charge on any atom is 0.339 e. The van der Waals surface area contributed by atoms with Gasteiger partial charge in [-0.1, -0.05) is 94.4 Å². The quantitative estimate of drug-likeness (QED) is 0.0358. The SMILES string of the molecule is C.C=C1Cc2cc(CN3CCc4cc(N)ccc43)ccc2N1.C=C1Nc2ccc(CN3Cc4ccc(C(=O)OC)cc4C3)cc2N1.C=C1Nc2ccc(Cc3ccc(C(=O)OC)cn3)cc2N1.C=C1Nc2ccc(OCc3ccccc3)cc2N1.CNC(=O)c1ccc(Oc2ccc3c(c2)CC(=O)N3)cc1. The van der Waals surface area contributed by atoms with E-state index in [0.717, 1.165) is 142 Å². The van der Waals surface area contributed by atoms with E-state index in [9.17, 15) is 19.2 Å². The number of fused-ring (bicyclic) bond motifs is 7. The molecule has 0 spiro atoms. The largest absolute Gasteiger partial charge is 0.489 e. The molecule has 7 aliphatic rings. The highest BCUT2D eigenvalue weighted by Crippen LogP contribution is 2.38. The molecule has 7 aliphatic heterocycles. The summed E-state index contributed by atoms with van der Waals surface area (Å²) >= 11 is 0. The van der Waals surface area contributed by atoms with E-state index >= 15 is 0 Å². The number of nitrogens with one attached hydrogen (secondary N) is 9. The summed E-state index contributed by atoms with van der Waals surface area (Å²) in [4.78, 5) is 54.9. The van der Waals surface area contributed by atoms with Crippen molar-refractivity contribution in [3.8, 4) is 17.2 Å². The highest BCUT2D eigenvalue weighted by Gasteiger charge is 2.25. The fourth-order valence-electron chi connectivity index (χ4n) is 13.1. The monoisotopic (exact) mass is 1420 g/mol. The standard InChI is InChI=1S/C19H19N3O2.C18H19N3.C16H15N3O2.C16H14N2O3.C15H14N2O.CH4/c1-12-20-17-6-3-13(7-18(17)21-12)9-22-10-15-5-4-14(19(23)24-2)8-16(15)11-22;1-12-8-15-9-13(2-4-17(15)20-12)11-21-7-6-14-10-16(19)3-5-18(14)21;1-10-18-14-6-3-11(8-15(14)19-10)7-13-5-4-12(9-17-13)16(20)21-2;1-17-16(20)10-2-4-12(5-3-10)21-13-6-7-14-11(8-13)9-15(19)18-14;1-11-16-14-8-7-13(9-15(14)17-11)18-10-12-5-3-2-4-6-12;/h3-8,20-21H,1,9-11H2,2H3;2-5,9-10,20H,1,6-8,11,19H2;3-6,8-9,18-19H,1,7H2,2H3;2-8H,9H2,1H3,(H,17,20)(H,18,19);2-9,16-17H,1,10H2;1H4. The van der Waals surface area contributed by atoms with Gasteiger partial charge in [-0.15, -0.1) is 0 Å². The molecule has 0 atom stereocenters. The summed E-state index contributed by atoms with van der Waals surface area (Å²) in [5, 5.41) is 27.7. The molecule has 2 amide bonds. The normalized spacial score (nSPS) is 13.7. The van der Waals surface area contributed by atoms with Crippen LogP contribution in [-0.4, -0.2) is 61.4 Å². The number of anilines is 10. The molecule has 0 fully saturated rings. The van der Waals surface area contributed by atoms with Crippen LogP contribution in [0.25, 0.3) is 0 Å². The second kappa shape index (κ2) is 32.8. The summed E-state index contributed by atoms with van der Waals surface area (Å²) in [7, 11) is 4.36. The number of allylic oxidation sites excluding steroid dienone is 1. The Labute approximate surface area is 617 Å². The van der Waals surface area contributed by atoms with E-state index in [-0.39, 0.29) is 31.2 Å². The molecule has 17 rings (SSSR count). The second-order valence-corrected chi connectivity index (χ2v) is 26.0. The molecule has 0 saturated heterocycles. The van der Waals surface area contributed by atoms with Crippen LogP contribution in [0.5, 0.6) is 17.2 Å². The lowest BCUT2D eigenvalue weighted by Gasteiger charge is -2.20. The number of nitrogen functional groups attached to an aromatic ring is 1. The Kier molecular flexibility index (Phi) is 22.4. The third-order valence-electron chi connectivity index (χ3n) is 18.2. The predicted octanol–water partition coefficient (Wildman–Crippen LogP) is 15.9. The van der Waals surface area contributed by atoms with Crippen molar-refractivity contribution in [2.75, 3.05) is 81.0 Å². The van der Waals surface area contributed by atoms with Gasteiger partial charge in [-0.2, -0.15) is 0 Å². The van der Waals surface area contributed by atoms with Crippen LogP contribution >= 0.6 is 0 Å². The molecule has 0 bridgehead atoms. The van der Waals surface area contributed by atoms with Crippen molar-refractivity contribution >= 4 is 80.6 Å². The van der Waals surface area contributed by atoms with Gasteiger partial charge in [0.15, 0.2) is 0 Å². The molecule has 106 heavy (non-hydrogen) atoms. The number of aromatic nitrogens is 1. The average molecular weight is 1420 g/mol. The second-order valence-electron chi connectivity index (χ2n) is 26.0. The van der Waals surface area contributed by atoms with Crippen LogP contribution in [0, 0.1) is 0 Å². The van der Waals surface area contributed by atoms with Crippen molar-refractivity contribution < 1.29 is 38.1 Å². The minimum Gasteiger partial charge on any atom is -0.489 e. The van der Waals surface area contributed by atoms with Gasteiger partial charge in [0.1, 0.15) is 41.3 Å². The van der Waals surface area contributed by atoms with Gasteiger partial charge in [0, 0.05) is 105 Å². The van der Waals surface area contributed by atoms with E-state index in [1.54, 1.807) is 43.4 Å². The topological polar surface area (TPSA) is 259 Å². The molecule has 1 aromatic heterocycles. The van der Waals surface area contributed by atoms with Crippen LogP contribution in [0.2, 0.25) is 0 Å². The molecule has 21 heteroatoms. The fourth-order valence-corrected chi connectivity index (χ4v) is 13.1. The number of nitrogens with two attached hydrogens (primary N) is 1. The molecule has 0 unspecified atom stereocenters. The van der Waals surface area contributed by atoms with E-state index in [4.69, 9.17) is 19.9 Å². The minimum atomic E-state index is -0.375. The molecule has 0 radical (unpaired) electrons. The Bertz CT molecular complexity index is 4900. The van der Waals surface area contributed by atoms with Crippen LogP contribution < -0.4 is 68.0 Å². The summed E-state index contributed by atoms with van der Waals surface area (Å²) in [5.74, 6) is 3.74. The first kappa shape index (κ1) is 72.5. The van der Waals surface area contributed by atoms with Crippen LogP contribution in [0.3, 0.4) is 0 Å². The first-order chi connectivity index (χ1) is 50.9.